The van der Waals surface area contributed by atoms with Gasteiger partial charge < -0.3 is 5.11 Å². The molecular weight excluding hydrogens is 224 g/mol. The van der Waals surface area contributed by atoms with Crippen molar-refractivity contribution in [3.63, 3.8) is 0 Å². The quantitative estimate of drug-likeness (QED) is 0.799. The van der Waals surface area contributed by atoms with E-state index in [1.807, 2.05) is 19.1 Å². The van der Waals surface area contributed by atoms with Crippen LogP contribution in [0, 0.1) is 6.92 Å². The number of hydrogen-bond acceptors (Lipinski definition) is 2. The minimum absolute atomic E-state index is 0.0976. The zero-order valence-corrected chi connectivity index (χ0v) is 9.92. The molecular formula is C12H14O3S. The molecule has 0 radical (unpaired) electrons. The molecule has 16 heavy (non-hydrogen) atoms. The molecule has 0 aliphatic carbocycles. The van der Waals surface area contributed by atoms with E-state index in [-0.39, 0.29) is 12.0 Å². The van der Waals surface area contributed by atoms with Gasteiger partial charge in [-0.15, -0.1) is 0 Å². The van der Waals surface area contributed by atoms with Crippen molar-refractivity contribution in [2.45, 2.75) is 18.2 Å². The van der Waals surface area contributed by atoms with Crippen LogP contribution in [0.2, 0.25) is 0 Å². The van der Waals surface area contributed by atoms with E-state index in [1.165, 1.54) is 0 Å². The van der Waals surface area contributed by atoms with Gasteiger partial charge in [0.15, 0.2) is 0 Å². The summed E-state index contributed by atoms with van der Waals surface area (Å²) in [4.78, 5) is 11.2. The second kappa shape index (κ2) is 5.61. The minimum Gasteiger partial charge on any atom is -0.478 e. The number of aliphatic carboxylic acids is 1. The number of benzene rings is 1. The molecule has 0 heterocycles. The van der Waals surface area contributed by atoms with Crippen molar-refractivity contribution in [3.8, 4) is 0 Å². The highest BCUT2D eigenvalue weighted by molar-refractivity contribution is 7.85. The minimum atomic E-state index is -1.15. The number of hydrogen-bond donors (Lipinski definition) is 1. The van der Waals surface area contributed by atoms with Crippen LogP contribution in [0.15, 0.2) is 41.3 Å². The number of carboxylic acid groups (broad SMARTS) is 1. The van der Waals surface area contributed by atoms with Crippen molar-refractivity contribution in [2.24, 2.45) is 0 Å². The zero-order chi connectivity index (χ0) is 12.1. The van der Waals surface area contributed by atoms with Crippen LogP contribution in [0.5, 0.6) is 0 Å². The van der Waals surface area contributed by atoms with E-state index in [0.29, 0.717) is 5.75 Å². The molecule has 0 saturated carbocycles. The van der Waals surface area contributed by atoms with Gasteiger partial charge in [0.1, 0.15) is 0 Å². The molecule has 0 aromatic heterocycles. The first-order valence-electron chi connectivity index (χ1n) is 4.87. The second-order valence-electron chi connectivity index (χ2n) is 3.52. The molecule has 4 heteroatoms. The van der Waals surface area contributed by atoms with Crippen LogP contribution in [-0.4, -0.2) is 21.0 Å². The summed E-state index contributed by atoms with van der Waals surface area (Å²) in [5.41, 5.74) is 1.20. The fourth-order valence-electron chi connectivity index (χ4n) is 1.13. The summed E-state index contributed by atoms with van der Waals surface area (Å²) < 4.78 is 11.8. The van der Waals surface area contributed by atoms with E-state index in [0.717, 1.165) is 10.5 Å². The highest BCUT2D eigenvalue weighted by Gasteiger charge is 2.08. The van der Waals surface area contributed by atoms with Crippen LogP contribution in [0.3, 0.4) is 0 Å². The summed E-state index contributed by atoms with van der Waals surface area (Å²) in [5.74, 6) is -0.727. The lowest BCUT2D eigenvalue weighted by atomic mass is 10.2. The molecule has 1 unspecified atom stereocenters. The largest absolute Gasteiger partial charge is 0.478 e. The summed E-state index contributed by atoms with van der Waals surface area (Å²) >= 11 is 0. The summed E-state index contributed by atoms with van der Waals surface area (Å²) in [6.07, 6.45) is 0.246. The predicted octanol–water partition coefficient (Wildman–Crippen LogP) is 2.13. The molecule has 0 aliphatic heterocycles. The number of carbonyl (C=O) groups is 1. The third-order valence-electron chi connectivity index (χ3n) is 2.18. The summed E-state index contributed by atoms with van der Waals surface area (Å²) in [6, 6.07) is 7.38. The number of rotatable bonds is 5. The van der Waals surface area contributed by atoms with Crippen molar-refractivity contribution in [2.75, 3.05) is 5.75 Å². The average molecular weight is 238 g/mol. The van der Waals surface area contributed by atoms with E-state index in [1.54, 1.807) is 12.1 Å². The van der Waals surface area contributed by atoms with Crippen molar-refractivity contribution in [3.05, 3.63) is 42.0 Å². The molecule has 1 aromatic carbocycles. The summed E-state index contributed by atoms with van der Waals surface area (Å²) in [5, 5.41) is 8.60. The van der Waals surface area contributed by atoms with E-state index < -0.39 is 16.8 Å². The monoisotopic (exact) mass is 238 g/mol. The normalized spacial score (nSPS) is 12.1. The van der Waals surface area contributed by atoms with Crippen LogP contribution < -0.4 is 0 Å². The Balaban J connectivity index is 2.56. The topological polar surface area (TPSA) is 54.4 Å². The van der Waals surface area contributed by atoms with Gasteiger partial charge in [-0.3, -0.25) is 4.21 Å². The third kappa shape index (κ3) is 3.62. The summed E-state index contributed by atoms with van der Waals surface area (Å²) in [7, 11) is -1.15. The molecule has 3 nitrogen and oxygen atoms in total. The molecule has 0 saturated heterocycles. The zero-order valence-electron chi connectivity index (χ0n) is 9.10. The van der Waals surface area contributed by atoms with Crippen LogP contribution in [0.4, 0.5) is 0 Å². The smallest absolute Gasteiger partial charge is 0.330 e. The van der Waals surface area contributed by atoms with Crippen molar-refractivity contribution in [1.82, 2.24) is 0 Å². The van der Waals surface area contributed by atoms with E-state index in [9.17, 15) is 9.00 Å². The molecule has 1 rings (SSSR count). The lowest BCUT2D eigenvalue weighted by molar-refractivity contribution is -0.132. The number of aryl methyl sites for hydroxylation is 1. The first kappa shape index (κ1) is 12.6. The molecule has 0 bridgehead atoms. The van der Waals surface area contributed by atoms with Crippen molar-refractivity contribution < 1.29 is 14.1 Å². The van der Waals surface area contributed by atoms with Gasteiger partial charge in [0, 0.05) is 16.2 Å². The Morgan fingerprint density at radius 3 is 2.44 bits per heavy atom. The maximum Gasteiger partial charge on any atom is 0.330 e. The molecule has 0 aliphatic rings. The molecule has 86 valence electrons. The lowest BCUT2D eigenvalue weighted by Gasteiger charge is -2.02. The van der Waals surface area contributed by atoms with Gasteiger partial charge in [-0.25, -0.2) is 4.79 Å². The Labute approximate surface area is 97.3 Å². The fourth-order valence-corrected chi connectivity index (χ4v) is 2.24. The Bertz CT molecular complexity index is 420. The van der Waals surface area contributed by atoms with Gasteiger partial charge in [0.05, 0.1) is 10.8 Å². The molecule has 0 fully saturated rings. The number of carboxylic acids is 1. The average Bonchev–Trinajstić information content (AvgIpc) is 2.26. The standard InChI is InChI=1S/C12H14O3S/c1-9-3-5-11(6-4-9)16(15)8-7-10(2)12(13)14/h3-6H,2,7-8H2,1H3,(H,13,14). The maximum atomic E-state index is 11.8. The van der Waals surface area contributed by atoms with E-state index >= 15 is 0 Å². The Morgan fingerprint density at radius 1 is 1.38 bits per heavy atom. The van der Waals surface area contributed by atoms with Gasteiger partial charge in [-0.2, -0.15) is 0 Å². The Morgan fingerprint density at radius 2 is 1.94 bits per heavy atom. The van der Waals surface area contributed by atoms with E-state index in [2.05, 4.69) is 6.58 Å². The SMILES string of the molecule is C=C(CCS(=O)c1ccc(C)cc1)C(=O)O. The first-order chi connectivity index (χ1) is 7.50. The highest BCUT2D eigenvalue weighted by atomic mass is 32.2. The molecule has 1 N–H and O–H groups in total. The molecule has 1 aromatic rings. The molecule has 0 spiro atoms. The Kier molecular flexibility index (Phi) is 4.43. The predicted molar refractivity (Wildman–Crippen MR) is 63.8 cm³/mol. The highest BCUT2D eigenvalue weighted by Crippen LogP contribution is 2.11. The van der Waals surface area contributed by atoms with Gasteiger partial charge >= 0.3 is 5.97 Å². The van der Waals surface area contributed by atoms with E-state index in [4.69, 9.17) is 5.11 Å². The van der Waals surface area contributed by atoms with Crippen LogP contribution in [0.1, 0.15) is 12.0 Å². The van der Waals surface area contributed by atoms with Gasteiger partial charge in [-0.05, 0) is 25.5 Å². The molecule has 0 amide bonds. The second-order valence-corrected chi connectivity index (χ2v) is 5.09. The first-order valence-corrected chi connectivity index (χ1v) is 6.18. The van der Waals surface area contributed by atoms with Gasteiger partial charge in [-0.1, -0.05) is 24.3 Å². The third-order valence-corrected chi connectivity index (χ3v) is 3.55. The lowest BCUT2D eigenvalue weighted by Crippen LogP contribution is -2.05. The van der Waals surface area contributed by atoms with Crippen molar-refractivity contribution >= 4 is 16.8 Å². The van der Waals surface area contributed by atoms with Crippen LogP contribution >= 0.6 is 0 Å². The van der Waals surface area contributed by atoms with Crippen LogP contribution in [-0.2, 0) is 15.6 Å². The van der Waals surface area contributed by atoms with Gasteiger partial charge in [0.2, 0.25) is 0 Å². The Hall–Kier alpha value is -1.42. The summed E-state index contributed by atoms with van der Waals surface area (Å²) in [6.45, 7) is 5.36. The maximum absolute atomic E-state index is 11.8. The van der Waals surface area contributed by atoms with Crippen molar-refractivity contribution in [1.29, 1.82) is 0 Å². The van der Waals surface area contributed by atoms with Gasteiger partial charge in [0.25, 0.3) is 0 Å². The molecule has 1 atom stereocenters. The fraction of sp³-hybridized carbons (Fsp3) is 0.250. The van der Waals surface area contributed by atoms with Crippen LogP contribution in [0.25, 0.3) is 0 Å².